The Balaban J connectivity index is 3.47. The molecule has 1 heterocycles. The Bertz CT molecular complexity index is 491. The van der Waals surface area contributed by atoms with Crippen molar-refractivity contribution in [2.24, 2.45) is 0 Å². The first-order valence-electron chi connectivity index (χ1n) is 3.88. The molecule has 1 aromatic heterocycles. The molecule has 0 aliphatic carbocycles. The Kier molecular flexibility index (Phi) is 3.01. The molecule has 1 N–H and O–H groups in total. The number of rotatable bonds is 3. The van der Waals surface area contributed by atoms with Gasteiger partial charge >= 0.3 is 11.4 Å². The molecular weight excluding hydrogens is 182 g/mol. The average Bonchev–Trinajstić information content (AvgIpc) is 2.14. The number of aromatic nitrogens is 1. The molecule has 1 aromatic rings. The third kappa shape index (κ3) is 1.98. The van der Waals surface area contributed by atoms with Crippen LogP contribution < -0.4 is 11.4 Å². The molecule has 0 aliphatic rings. The van der Waals surface area contributed by atoms with Crippen LogP contribution >= 0.6 is 0 Å². The highest BCUT2D eigenvalue weighted by Gasteiger charge is 2.04. The predicted octanol–water partition coefficient (Wildman–Crippen LogP) is 1.17. The minimum absolute atomic E-state index is 0.225. The standard InChI is InChI=1S/C10H9NO3/c1-3-5-6-8-7(4-2)9(12)14-10(13)11-8/h3-6H,1-2H2,(H,11,13)/b6-5-. The Hall–Kier alpha value is -2.10. The minimum Gasteiger partial charge on any atom is -0.372 e. The molecule has 0 atom stereocenters. The Morgan fingerprint density at radius 1 is 1.29 bits per heavy atom. The van der Waals surface area contributed by atoms with Crippen LogP contribution in [0.25, 0.3) is 12.2 Å². The molecular formula is C10H9NO3. The molecule has 4 heteroatoms. The second-order valence-corrected chi connectivity index (χ2v) is 2.43. The summed E-state index contributed by atoms with van der Waals surface area (Å²) < 4.78 is 4.32. The number of allylic oxidation sites excluding steroid dienone is 2. The number of nitrogens with one attached hydrogen (secondary N) is 1. The summed E-state index contributed by atoms with van der Waals surface area (Å²) in [6.07, 6.45) is 5.99. The molecule has 0 spiro atoms. The van der Waals surface area contributed by atoms with E-state index >= 15 is 0 Å². The Morgan fingerprint density at radius 2 is 2.00 bits per heavy atom. The van der Waals surface area contributed by atoms with Gasteiger partial charge in [0, 0.05) is 0 Å². The fourth-order valence-corrected chi connectivity index (χ4v) is 0.941. The maximum absolute atomic E-state index is 11.1. The van der Waals surface area contributed by atoms with E-state index in [1.807, 2.05) is 0 Å². The van der Waals surface area contributed by atoms with Crippen LogP contribution in [-0.4, -0.2) is 4.98 Å². The van der Waals surface area contributed by atoms with E-state index in [2.05, 4.69) is 22.6 Å². The average molecular weight is 191 g/mol. The van der Waals surface area contributed by atoms with Crippen LogP contribution in [0.15, 0.2) is 39.3 Å². The summed E-state index contributed by atoms with van der Waals surface area (Å²) in [4.78, 5) is 24.3. The largest absolute Gasteiger partial charge is 0.419 e. The molecule has 14 heavy (non-hydrogen) atoms. The van der Waals surface area contributed by atoms with Gasteiger partial charge in [-0.2, -0.15) is 0 Å². The number of H-pyrrole nitrogens is 1. The molecule has 0 amide bonds. The van der Waals surface area contributed by atoms with E-state index in [1.165, 1.54) is 12.2 Å². The van der Waals surface area contributed by atoms with Crippen molar-refractivity contribution in [3.05, 3.63) is 57.5 Å². The molecule has 0 aromatic carbocycles. The first-order chi connectivity index (χ1) is 6.69. The van der Waals surface area contributed by atoms with E-state index in [0.717, 1.165) is 0 Å². The fraction of sp³-hybridized carbons (Fsp3) is 0. The van der Waals surface area contributed by atoms with Crippen LogP contribution in [0.4, 0.5) is 0 Å². The highest BCUT2D eigenvalue weighted by Crippen LogP contribution is 2.02. The zero-order chi connectivity index (χ0) is 10.6. The van der Waals surface area contributed by atoms with Gasteiger partial charge < -0.3 is 4.42 Å². The highest BCUT2D eigenvalue weighted by molar-refractivity contribution is 5.60. The Labute approximate surface area is 79.9 Å². The van der Waals surface area contributed by atoms with Gasteiger partial charge in [0.15, 0.2) is 0 Å². The van der Waals surface area contributed by atoms with E-state index in [9.17, 15) is 9.59 Å². The highest BCUT2D eigenvalue weighted by atomic mass is 16.4. The lowest BCUT2D eigenvalue weighted by atomic mass is 10.2. The summed E-state index contributed by atoms with van der Waals surface area (Å²) >= 11 is 0. The first-order valence-corrected chi connectivity index (χ1v) is 3.88. The van der Waals surface area contributed by atoms with Crippen LogP contribution in [-0.2, 0) is 0 Å². The van der Waals surface area contributed by atoms with Gasteiger partial charge in [0.2, 0.25) is 0 Å². The molecule has 0 radical (unpaired) electrons. The van der Waals surface area contributed by atoms with Crippen molar-refractivity contribution in [1.82, 2.24) is 4.98 Å². The quantitative estimate of drug-likeness (QED) is 0.729. The Morgan fingerprint density at radius 3 is 2.57 bits per heavy atom. The molecule has 0 bridgehead atoms. The molecule has 1 rings (SSSR count). The van der Waals surface area contributed by atoms with Crippen molar-refractivity contribution in [2.75, 3.05) is 0 Å². The molecule has 0 aliphatic heterocycles. The van der Waals surface area contributed by atoms with Crippen LogP contribution in [0.2, 0.25) is 0 Å². The second kappa shape index (κ2) is 4.23. The lowest BCUT2D eigenvalue weighted by molar-refractivity contribution is 0.447. The zero-order valence-electron chi connectivity index (χ0n) is 7.45. The normalized spacial score (nSPS) is 10.3. The van der Waals surface area contributed by atoms with Crippen molar-refractivity contribution in [3.63, 3.8) is 0 Å². The van der Waals surface area contributed by atoms with Crippen LogP contribution in [0.1, 0.15) is 11.3 Å². The number of hydrogen-bond acceptors (Lipinski definition) is 3. The first kappa shape index (κ1) is 9.98. The van der Waals surface area contributed by atoms with Crippen LogP contribution in [0.3, 0.4) is 0 Å². The van der Waals surface area contributed by atoms with Gasteiger partial charge in [-0.25, -0.2) is 9.59 Å². The fourth-order valence-electron chi connectivity index (χ4n) is 0.941. The molecule has 72 valence electrons. The van der Waals surface area contributed by atoms with E-state index in [1.54, 1.807) is 12.2 Å². The van der Waals surface area contributed by atoms with Crippen molar-refractivity contribution in [2.45, 2.75) is 0 Å². The van der Waals surface area contributed by atoms with Crippen molar-refractivity contribution in [1.29, 1.82) is 0 Å². The van der Waals surface area contributed by atoms with E-state index in [4.69, 9.17) is 0 Å². The molecule has 0 saturated carbocycles. The van der Waals surface area contributed by atoms with Crippen molar-refractivity contribution < 1.29 is 4.42 Å². The SMILES string of the molecule is C=C/C=C\c1[nH]c(=O)oc(=O)c1C=C. The lowest BCUT2D eigenvalue weighted by Gasteiger charge is -1.95. The zero-order valence-corrected chi connectivity index (χ0v) is 7.45. The summed E-state index contributed by atoms with van der Waals surface area (Å²) in [5, 5.41) is 0. The smallest absolute Gasteiger partial charge is 0.372 e. The van der Waals surface area contributed by atoms with E-state index in [-0.39, 0.29) is 5.56 Å². The summed E-state index contributed by atoms with van der Waals surface area (Å²) in [6, 6.07) is 0. The third-order valence-corrected chi connectivity index (χ3v) is 1.54. The molecule has 0 unspecified atom stereocenters. The van der Waals surface area contributed by atoms with Crippen LogP contribution in [0, 0.1) is 0 Å². The second-order valence-electron chi connectivity index (χ2n) is 2.43. The molecule has 0 saturated heterocycles. The molecule has 4 nitrogen and oxygen atoms in total. The van der Waals surface area contributed by atoms with Gasteiger partial charge in [0.25, 0.3) is 0 Å². The number of hydrogen-bond donors (Lipinski definition) is 1. The van der Waals surface area contributed by atoms with E-state index in [0.29, 0.717) is 5.69 Å². The monoisotopic (exact) mass is 191 g/mol. The van der Waals surface area contributed by atoms with Crippen molar-refractivity contribution >= 4 is 12.2 Å². The maximum Gasteiger partial charge on any atom is 0.419 e. The topological polar surface area (TPSA) is 63.1 Å². The third-order valence-electron chi connectivity index (χ3n) is 1.54. The van der Waals surface area contributed by atoms with Gasteiger partial charge in [-0.1, -0.05) is 31.4 Å². The number of aromatic amines is 1. The summed E-state index contributed by atoms with van der Waals surface area (Å²) in [5.74, 6) is -0.788. The van der Waals surface area contributed by atoms with Gasteiger partial charge in [0.1, 0.15) is 0 Å². The van der Waals surface area contributed by atoms with Crippen molar-refractivity contribution in [3.8, 4) is 0 Å². The molecule has 0 fully saturated rings. The van der Waals surface area contributed by atoms with Crippen LogP contribution in [0.5, 0.6) is 0 Å². The summed E-state index contributed by atoms with van der Waals surface area (Å²) in [5.41, 5.74) is -0.115. The lowest BCUT2D eigenvalue weighted by Crippen LogP contribution is -2.18. The maximum atomic E-state index is 11.1. The van der Waals surface area contributed by atoms with Gasteiger partial charge in [-0.05, 0) is 6.08 Å². The summed E-state index contributed by atoms with van der Waals surface area (Å²) in [6.45, 7) is 6.92. The van der Waals surface area contributed by atoms with Gasteiger partial charge in [-0.15, -0.1) is 0 Å². The summed E-state index contributed by atoms with van der Waals surface area (Å²) in [7, 11) is 0. The van der Waals surface area contributed by atoms with Gasteiger partial charge in [0.05, 0.1) is 11.3 Å². The minimum atomic E-state index is -0.788. The van der Waals surface area contributed by atoms with Gasteiger partial charge in [-0.3, -0.25) is 4.98 Å². The van der Waals surface area contributed by atoms with E-state index < -0.39 is 11.4 Å². The predicted molar refractivity (Wildman–Crippen MR) is 54.9 cm³/mol.